The van der Waals surface area contributed by atoms with Gasteiger partial charge in [-0.05, 0) is 85.9 Å². The van der Waals surface area contributed by atoms with E-state index in [-0.39, 0.29) is 29.6 Å². The van der Waals surface area contributed by atoms with Crippen molar-refractivity contribution in [2.24, 2.45) is 52.8 Å². The molecule has 0 aromatic carbocycles. The lowest BCUT2D eigenvalue weighted by atomic mass is 9.54. The van der Waals surface area contributed by atoms with Gasteiger partial charge in [0, 0.05) is 19.3 Å². The van der Waals surface area contributed by atoms with Gasteiger partial charge >= 0.3 is 11.9 Å². The van der Waals surface area contributed by atoms with Crippen LogP contribution in [0.2, 0.25) is 0 Å². The molecule has 0 bridgehead atoms. The van der Waals surface area contributed by atoms with Crippen molar-refractivity contribution in [2.75, 3.05) is 0 Å². The van der Waals surface area contributed by atoms with Crippen molar-refractivity contribution in [1.29, 1.82) is 0 Å². The van der Waals surface area contributed by atoms with Crippen molar-refractivity contribution in [3.8, 4) is 0 Å². The molecule has 0 N–H and O–H groups in total. The fraction of sp³-hybridized carbons (Fsp3) is 0.913. The van der Waals surface area contributed by atoms with Gasteiger partial charge in [-0.2, -0.15) is 0 Å². The standard InChI is InChI=1S/C23H34O4/c1-11-20-15(7-8-23(4)18(20)5-6-19(23)27-13(3)25)22-17-10-14(26-12(2)24)9-16(17)21(11)22/h11,14-22H,5-10H2,1-4H3/t11-,14-,15-,16-,17+,18-,19-,20+,21+,22-,23-/m0/s1. The Balaban J connectivity index is 1.35. The Morgan fingerprint density at radius 3 is 2.19 bits per heavy atom. The fourth-order valence-corrected chi connectivity index (χ4v) is 9.07. The van der Waals surface area contributed by atoms with Crippen LogP contribution < -0.4 is 0 Å². The third-order valence-electron chi connectivity index (χ3n) is 9.70. The van der Waals surface area contributed by atoms with Crippen LogP contribution >= 0.6 is 0 Å². The van der Waals surface area contributed by atoms with Gasteiger partial charge in [-0.1, -0.05) is 13.8 Å². The van der Waals surface area contributed by atoms with Crippen LogP contribution in [0.5, 0.6) is 0 Å². The molecule has 5 fully saturated rings. The number of carbonyl (C=O) groups is 2. The van der Waals surface area contributed by atoms with Crippen LogP contribution in [0.3, 0.4) is 0 Å². The summed E-state index contributed by atoms with van der Waals surface area (Å²) < 4.78 is 11.4. The van der Waals surface area contributed by atoms with Crippen molar-refractivity contribution in [2.45, 2.75) is 78.4 Å². The molecule has 4 heteroatoms. The zero-order chi connectivity index (χ0) is 19.1. The number of hydrogen-bond acceptors (Lipinski definition) is 4. The lowest BCUT2D eigenvalue weighted by Crippen LogP contribution is -2.46. The zero-order valence-electron chi connectivity index (χ0n) is 17.1. The van der Waals surface area contributed by atoms with Crippen molar-refractivity contribution >= 4 is 11.9 Å². The van der Waals surface area contributed by atoms with Crippen LogP contribution in [0.25, 0.3) is 0 Å². The third kappa shape index (κ3) is 2.40. The molecule has 4 nitrogen and oxygen atoms in total. The lowest BCUT2D eigenvalue weighted by molar-refractivity contribution is -0.155. The lowest BCUT2D eigenvalue weighted by Gasteiger charge is -2.50. The number of carbonyl (C=O) groups excluding carboxylic acids is 2. The highest BCUT2D eigenvalue weighted by atomic mass is 16.5. The molecule has 0 spiro atoms. The normalized spacial score (nSPS) is 55.0. The van der Waals surface area contributed by atoms with E-state index >= 15 is 0 Å². The number of ether oxygens (including phenoxy) is 2. The van der Waals surface area contributed by atoms with Crippen LogP contribution in [0, 0.1) is 52.8 Å². The summed E-state index contributed by atoms with van der Waals surface area (Å²) in [5, 5.41) is 0. The average molecular weight is 375 g/mol. The molecule has 0 amide bonds. The molecule has 27 heavy (non-hydrogen) atoms. The monoisotopic (exact) mass is 374 g/mol. The molecule has 5 aliphatic rings. The maximum absolute atomic E-state index is 11.6. The quantitative estimate of drug-likeness (QED) is 0.679. The predicted molar refractivity (Wildman–Crippen MR) is 101 cm³/mol. The predicted octanol–water partition coefficient (Wildman–Crippen LogP) is 4.21. The molecule has 5 saturated carbocycles. The summed E-state index contributed by atoms with van der Waals surface area (Å²) in [6.07, 6.45) is 7.26. The molecule has 0 aromatic heterocycles. The summed E-state index contributed by atoms with van der Waals surface area (Å²) in [6, 6.07) is 0. The Kier molecular flexibility index (Phi) is 3.98. The Bertz CT molecular complexity index is 659. The van der Waals surface area contributed by atoms with Gasteiger partial charge < -0.3 is 9.47 Å². The molecular formula is C23H34O4. The van der Waals surface area contributed by atoms with Gasteiger partial charge in [-0.15, -0.1) is 0 Å². The largest absolute Gasteiger partial charge is 0.463 e. The van der Waals surface area contributed by atoms with E-state index < -0.39 is 0 Å². The molecule has 0 heterocycles. The molecule has 5 aliphatic carbocycles. The number of fused-ring (bicyclic) bond motifs is 8. The van der Waals surface area contributed by atoms with Crippen LogP contribution in [-0.4, -0.2) is 24.1 Å². The Labute approximate surface area is 162 Å². The van der Waals surface area contributed by atoms with Crippen LogP contribution in [0.4, 0.5) is 0 Å². The van der Waals surface area contributed by atoms with E-state index in [1.807, 2.05) is 0 Å². The van der Waals surface area contributed by atoms with Gasteiger partial charge in [-0.25, -0.2) is 0 Å². The first kappa shape index (κ1) is 18.0. The van der Waals surface area contributed by atoms with E-state index in [0.717, 1.165) is 60.7 Å². The zero-order valence-corrected chi connectivity index (χ0v) is 17.1. The summed E-state index contributed by atoms with van der Waals surface area (Å²) in [4.78, 5) is 23.0. The minimum Gasteiger partial charge on any atom is -0.463 e. The first-order chi connectivity index (χ1) is 12.8. The van der Waals surface area contributed by atoms with E-state index in [9.17, 15) is 9.59 Å². The van der Waals surface area contributed by atoms with Gasteiger partial charge in [0.25, 0.3) is 0 Å². The third-order valence-corrected chi connectivity index (χ3v) is 9.70. The molecule has 0 unspecified atom stereocenters. The van der Waals surface area contributed by atoms with Crippen LogP contribution in [0.15, 0.2) is 0 Å². The van der Waals surface area contributed by atoms with Crippen LogP contribution in [0.1, 0.15) is 66.2 Å². The highest BCUT2D eigenvalue weighted by Gasteiger charge is 2.69. The topological polar surface area (TPSA) is 52.6 Å². The Morgan fingerprint density at radius 1 is 0.852 bits per heavy atom. The molecule has 0 saturated heterocycles. The number of esters is 2. The van der Waals surface area contributed by atoms with Crippen molar-refractivity contribution in [3.63, 3.8) is 0 Å². The first-order valence-electron chi connectivity index (χ1n) is 11.2. The molecule has 0 aliphatic heterocycles. The highest BCUT2D eigenvalue weighted by molar-refractivity contribution is 5.66. The summed E-state index contributed by atoms with van der Waals surface area (Å²) in [7, 11) is 0. The highest BCUT2D eigenvalue weighted by Crippen LogP contribution is 2.73. The molecule has 0 aromatic rings. The van der Waals surface area contributed by atoms with Crippen molar-refractivity contribution < 1.29 is 19.1 Å². The second kappa shape index (κ2) is 5.97. The Morgan fingerprint density at radius 2 is 1.52 bits per heavy atom. The minimum absolute atomic E-state index is 0.116. The SMILES string of the molecule is CC(=O)O[C@@H]1C[C@@H]2[C@H](C1)[C@H]1[C@@H](C)[C@@H]3[C@H](CC[C@]4(C)[C@@H](OC(C)=O)CC[C@@H]34)[C@@H]21. The molecule has 11 atom stereocenters. The molecule has 5 rings (SSSR count). The maximum atomic E-state index is 11.6. The van der Waals surface area contributed by atoms with Gasteiger partial charge in [0.15, 0.2) is 0 Å². The smallest absolute Gasteiger partial charge is 0.302 e. The first-order valence-corrected chi connectivity index (χ1v) is 11.2. The fourth-order valence-electron chi connectivity index (χ4n) is 9.07. The Hall–Kier alpha value is -1.06. The van der Waals surface area contributed by atoms with E-state index in [1.165, 1.54) is 19.3 Å². The summed E-state index contributed by atoms with van der Waals surface area (Å²) in [5.41, 5.74) is 0.181. The van der Waals surface area contributed by atoms with Crippen molar-refractivity contribution in [1.82, 2.24) is 0 Å². The van der Waals surface area contributed by atoms with E-state index in [2.05, 4.69) is 13.8 Å². The van der Waals surface area contributed by atoms with E-state index in [4.69, 9.17) is 9.47 Å². The molecule has 150 valence electrons. The summed E-state index contributed by atoms with van der Waals surface area (Å²) in [6.45, 7) is 8.00. The number of hydrogen-bond donors (Lipinski definition) is 0. The van der Waals surface area contributed by atoms with Gasteiger partial charge in [0.2, 0.25) is 0 Å². The van der Waals surface area contributed by atoms with Gasteiger partial charge in [0.05, 0.1) is 0 Å². The van der Waals surface area contributed by atoms with Crippen LogP contribution in [-0.2, 0) is 19.1 Å². The van der Waals surface area contributed by atoms with Gasteiger partial charge in [-0.3, -0.25) is 9.59 Å². The summed E-state index contributed by atoms with van der Waals surface area (Å²) >= 11 is 0. The van der Waals surface area contributed by atoms with E-state index in [1.54, 1.807) is 13.8 Å². The summed E-state index contributed by atoms with van der Waals surface area (Å²) in [5.74, 6) is 6.14. The second-order valence-corrected chi connectivity index (χ2v) is 10.6. The average Bonchev–Trinajstić information content (AvgIpc) is 3.15. The van der Waals surface area contributed by atoms with Gasteiger partial charge in [0.1, 0.15) is 12.2 Å². The molecule has 0 radical (unpaired) electrons. The molecular weight excluding hydrogens is 340 g/mol. The minimum atomic E-state index is -0.117. The number of rotatable bonds is 2. The second-order valence-electron chi connectivity index (χ2n) is 10.6. The van der Waals surface area contributed by atoms with E-state index in [0.29, 0.717) is 5.92 Å². The maximum Gasteiger partial charge on any atom is 0.302 e. The van der Waals surface area contributed by atoms with Crippen molar-refractivity contribution in [3.05, 3.63) is 0 Å².